The van der Waals surface area contributed by atoms with Crippen LogP contribution in [0.15, 0.2) is 48.5 Å². The molecule has 0 saturated heterocycles. The van der Waals surface area contributed by atoms with Gasteiger partial charge in [0, 0.05) is 34.4 Å². The summed E-state index contributed by atoms with van der Waals surface area (Å²) in [5, 5.41) is 3.42. The number of fused-ring (bicyclic) bond motifs is 4. The number of benzene rings is 3. The Bertz CT molecular complexity index is 1780. The van der Waals surface area contributed by atoms with Crippen molar-refractivity contribution < 1.29 is 23.5 Å². The predicted molar refractivity (Wildman–Crippen MR) is 155 cm³/mol. The van der Waals surface area contributed by atoms with Crippen LogP contribution in [0.4, 0.5) is 15.8 Å². The Morgan fingerprint density at radius 1 is 1.02 bits per heavy atom. The fourth-order valence-electron chi connectivity index (χ4n) is 6.01. The van der Waals surface area contributed by atoms with Gasteiger partial charge in [-0.15, -0.1) is 0 Å². The van der Waals surface area contributed by atoms with Gasteiger partial charge in [0.1, 0.15) is 23.1 Å². The van der Waals surface area contributed by atoms with Gasteiger partial charge in [0.25, 0.3) is 11.8 Å². The maximum Gasteiger partial charge on any atom is 0.280 e. The molecule has 2 amide bonds. The van der Waals surface area contributed by atoms with E-state index in [0.717, 1.165) is 11.1 Å². The van der Waals surface area contributed by atoms with Gasteiger partial charge in [0.05, 0.1) is 31.2 Å². The Morgan fingerprint density at radius 3 is 2.46 bits per heavy atom. The molecule has 4 aromatic rings. The number of amides is 2. The predicted octanol–water partition coefficient (Wildman–Crippen LogP) is 6.41. The molecule has 2 aliphatic rings. The normalized spacial score (nSPS) is 17.3. The van der Waals surface area contributed by atoms with Crippen molar-refractivity contribution in [3.8, 4) is 22.9 Å². The van der Waals surface area contributed by atoms with Crippen molar-refractivity contribution in [2.75, 3.05) is 24.4 Å². The first kappa shape index (κ1) is 26.8. The number of imidazole rings is 1. The van der Waals surface area contributed by atoms with E-state index in [4.69, 9.17) is 26.1 Å². The second-order valence-electron chi connectivity index (χ2n) is 10.6. The molecule has 10 heteroatoms. The van der Waals surface area contributed by atoms with Gasteiger partial charge in [-0.2, -0.15) is 0 Å². The number of hydrogen-bond donors (Lipinski definition) is 1. The molecule has 6 rings (SSSR count). The second kappa shape index (κ2) is 9.34. The van der Waals surface area contributed by atoms with Crippen LogP contribution in [0.3, 0.4) is 0 Å². The van der Waals surface area contributed by atoms with Crippen LogP contribution >= 0.6 is 11.6 Å². The van der Waals surface area contributed by atoms with Crippen LogP contribution in [-0.4, -0.2) is 35.6 Å². The van der Waals surface area contributed by atoms with Crippen molar-refractivity contribution in [2.45, 2.75) is 39.3 Å². The number of methoxy groups -OCH3 is 2. The summed E-state index contributed by atoms with van der Waals surface area (Å²) in [5.74, 6) is -0.924. The molecule has 8 nitrogen and oxygen atoms in total. The molecule has 1 N–H and O–H groups in total. The van der Waals surface area contributed by atoms with Crippen molar-refractivity contribution in [1.29, 1.82) is 0 Å². The van der Waals surface area contributed by atoms with Gasteiger partial charge in [-0.3, -0.25) is 14.5 Å². The molecular weight excluding hydrogens is 547 g/mol. The van der Waals surface area contributed by atoms with Crippen molar-refractivity contribution in [3.05, 3.63) is 87.4 Å². The van der Waals surface area contributed by atoms with E-state index in [1.54, 1.807) is 28.8 Å². The Hall–Kier alpha value is -4.37. The second-order valence-corrected chi connectivity index (χ2v) is 11.0. The molecule has 3 heterocycles. The first-order chi connectivity index (χ1) is 19.5. The number of carbonyl (C=O) groups excluding carboxylic acids is 2. The zero-order chi connectivity index (χ0) is 29.4. The zero-order valence-corrected chi connectivity index (χ0v) is 24.2. The smallest absolute Gasteiger partial charge is 0.280 e. The highest BCUT2D eigenvalue weighted by Crippen LogP contribution is 2.55. The fourth-order valence-corrected chi connectivity index (χ4v) is 6.17. The molecule has 0 aliphatic carbocycles. The first-order valence-electron chi connectivity index (χ1n) is 13.1. The molecule has 2 aliphatic heterocycles. The number of ether oxygens (including phenoxy) is 2. The van der Waals surface area contributed by atoms with E-state index in [2.05, 4.69) is 5.32 Å². The maximum absolute atomic E-state index is 15.7. The lowest BCUT2D eigenvalue weighted by molar-refractivity contribution is -0.119. The summed E-state index contributed by atoms with van der Waals surface area (Å²) < 4.78 is 28.3. The molecule has 210 valence electrons. The summed E-state index contributed by atoms with van der Waals surface area (Å²) in [5.41, 5.74) is 2.19. The minimum Gasteiger partial charge on any atom is -0.497 e. The van der Waals surface area contributed by atoms with Crippen LogP contribution in [-0.2, 0) is 10.3 Å². The number of anilines is 2. The Balaban J connectivity index is 1.75. The zero-order valence-electron chi connectivity index (χ0n) is 23.4. The molecule has 1 unspecified atom stereocenters. The summed E-state index contributed by atoms with van der Waals surface area (Å²) in [6.07, 6.45) is 0. The fraction of sp³-hybridized carbons (Fsp3) is 0.258. The van der Waals surface area contributed by atoms with Crippen molar-refractivity contribution in [2.24, 2.45) is 0 Å². The number of carbonyl (C=O) groups is 2. The average molecular weight is 575 g/mol. The molecule has 0 fully saturated rings. The molecule has 0 saturated carbocycles. The monoisotopic (exact) mass is 574 g/mol. The Labute approximate surface area is 241 Å². The first-order valence-corrected chi connectivity index (χ1v) is 13.5. The minimum absolute atomic E-state index is 0.0499. The van der Waals surface area contributed by atoms with E-state index in [1.807, 2.05) is 45.9 Å². The number of aryl methyl sites for hydroxylation is 2. The number of hydrogen-bond acceptors (Lipinski definition) is 5. The molecule has 1 spiro atoms. The van der Waals surface area contributed by atoms with Crippen LogP contribution < -0.4 is 19.7 Å². The van der Waals surface area contributed by atoms with E-state index >= 15 is 4.39 Å². The lowest BCUT2D eigenvalue weighted by Crippen LogP contribution is -2.51. The third kappa shape index (κ3) is 3.61. The SMILES string of the molecule is COc1cc(F)c(-c2nc3c(n2C(C)C)C2(C(=O)Nc4cc(C)ccc42)N(c2cc(Cl)ccc2C)C3=O)c(OC)c1. The third-order valence-electron chi connectivity index (χ3n) is 7.77. The van der Waals surface area contributed by atoms with Crippen LogP contribution in [0.2, 0.25) is 5.02 Å². The molecule has 0 radical (unpaired) electrons. The summed E-state index contributed by atoms with van der Waals surface area (Å²) >= 11 is 6.42. The summed E-state index contributed by atoms with van der Waals surface area (Å²) in [6.45, 7) is 7.57. The molecule has 41 heavy (non-hydrogen) atoms. The van der Waals surface area contributed by atoms with E-state index in [-0.39, 0.29) is 34.6 Å². The molecule has 0 bridgehead atoms. The van der Waals surface area contributed by atoms with Crippen molar-refractivity contribution in [1.82, 2.24) is 9.55 Å². The molecule has 1 atom stereocenters. The van der Waals surface area contributed by atoms with Crippen molar-refractivity contribution in [3.63, 3.8) is 0 Å². The Morgan fingerprint density at radius 2 is 1.78 bits per heavy atom. The number of aromatic nitrogens is 2. The molecule has 1 aromatic heterocycles. The number of nitrogens with zero attached hydrogens (tertiary/aromatic N) is 3. The standard InChI is InChI=1S/C31H28ClFN4O4/c1-15(2)36-27-26(35-28(36)25-21(33)13-19(40-5)14-24(25)41-6)29(38)37(23-12-18(32)9-8-17(23)4)31(27)20-10-7-16(3)11-22(20)34-30(31)39/h7-15H,1-6H3,(H,34,39). The highest BCUT2D eigenvalue weighted by molar-refractivity contribution is 6.31. The highest BCUT2D eigenvalue weighted by atomic mass is 35.5. The van der Waals surface area contributed by atoms with E-state index in [0.29, 0.717) is 27.7 Å². The maximum atomic E-state index is 15.7. The van der Waals surface area contributed by atoms with Gasteiger partial charge in [-0.1, -0.05) is 29.8 Å². The van der Waals surface area contributed by atoms with Crippen molar-refractivity contribution >= 4 is 34.8 Å². The lowest BCUT2D eigenvalue weighted by Gasteiger charge is -2.36. The van der Waals surface area contributed by atoms with Crippen LogP contribution in [0.1, 0.15) is 52.8 Å². The van der Waals surface area contributed by atoms with Gasteiger partial charge in [-0.25, -0.2) is 9.37 Å². The van der Waals surface area contributed by atoms with E-state index in [1.165, 1.54) is 25.2 Å². The number of nitrogens with one attached hydrogen (secondary N) is 1. The summed E-state index contributed by atoms with van der Waals surface area (Å²) in [7, 11) is 2.86. The highest BCUT2D eigenvalue weighted by Gasteiger charge is 2.64. The van der Waals surface area contributed by atoms with Crippen LogP contribution in [0.5, 0.6) is 11.5 Å². The van der Waals surface area contributed by atoms with Gasteiger partial charge >= 0.3 is 0 Å². The molecular formula is C31H28ClFN4O4. The van der Waals surface area contributed by atoms with Gasteiger partial charge in [-0.05, 0) is 57.0 Å². The van der Waals surface area contributed by atoms with Gasteiger partial charge in [0.15, 0.2) is 11.2 Å². The number of halogens is 2. The number of rotatable bonds is 5. The van der Waals surface area contributed by atoms with Crippen LogP contribution in [0, 0.1) is 19.7 Å². The Kier molecular flexibility index (Phi) is 6.11. The minimum atomic E-state index is -1.63. The van der Waals surface area contributed by atoms with Gasteiger partial charge in [0.2, 0.25) is 0 Å². The van der Waals surface area contributed by atoms with E-state index < -0.39 is 23.2 Å². The lowest BCUT2D eigenvalue weighted by atomic mass is 9.86. The summed E-state index contributed by atoms with van der Waals surface area (Å²) in [4.78, 5) is 35.1. The average Bonchev–Trinajstić information content (AvgIpc) is 3.53. The summed E-state index contributed by atoms with van der Waals surface area (Å²) in [6, 6.07) is 13.3. The van der Waals surface area contributed by atoms with E-state index in [9.17, 15) is 9.59 Å². The largest absolute Gasteiger partial charge is 0.497 e. The molecule has 3 aromatic carbocycles. The van der Waals surface area contributed by atoms with Crippen LogP contribution in [0.25, 0.3) is 11.4 Å². The third-order valence-corrected chi connectivity index (χ3v) is 8.01. The topological polar surface area (TPSA) is 85.7 Å². The quantitative estimate of drug-likeness (QED) is 0.297. The van der Waals surface area contributed by atoms with Gasteiger partial charge < -0.3 is 19.4 Å².